The molecule has 0 radical (unpaired) electrons. The summed E-state index contributed by atoms with van der Waals surface area (Å²) in [6.45, 7) is 0. The number of carbonyl (C=O) groups excluding carboxylic acids is 2. The SMILES string of the molecule is COc1ccc(CCC(=O)Nc2ccccc2C(=O)Nc2ccc(Cl)cn2)cc1. The van der Waals surface area contributed by atoms with Crippen LogP contribution in [0.1, 0.15) is 22.3 Å². The van der Waals surface area contributed by atoms with Gasteiger partial charge in [-0.25, -0.2) is 4.98 Å². The summed E-state index contributed by atoms with van der Waals surface area (Å²) in [5.41, 5.74) is 1.82. The highest BCUT2D eigenvalue weighted by molar-refractivity contribution is 6.30. The molecule has 0 fully saturated rings. The van der Waals surface area contributed by atoms with Crippen LogP contribution in [-0.4, -0.2) is 23.9 Å². The number of benzene rings is 2. The van der Waals surface area contributed by atoms with Crippen LogP contribution in [0.4, 0.5) is 11.5 Å². The summed E-state index contributed by atoms with van der Waals surface area (Å²) in [7, 11) is 1.61. The number of aryl methyl sites for hydroxylation is 1. The number of para-hydroxylation sites is 1. The maximum atomic E-state index is 12.6. The molecule has 3 rings (SSSR count). The van der Waals surface area contributed by atoms with Crippen molar-refractivity contribution in [1.29, 1.82) is 0 Å². The van der Waals surface area contributed by atoms with Crippen LogP contribution in [0.15, 0.2) is 66.9 Å². The second kappa shape index (κ2) is 9.71. The van der Waals surface area contributed by atoms with Gasteiger partial charge in [-0.1, -0.05) is 35.9 Å². The largest absolute Gasteiger partial charge is 0.497 e. The van der Waals surface area contributed by atoms with Crippen molar-refractivity contribution in [2.24, 2.45) is 0 Å². The summed E-state index contributed by atoms with van der Waals surface area (Å²) in [6.07, 6.45) is 2.32. The molecule has 2 N–H and O–H groups in total. The lowest BCUT2D eigenvalue weighted by molar-refractivity contribution is -0.116. The molecule has 0 spiro atoms. The smallest absolute Gasteiger partial charge is 0.258 e. The molecule has 0 aliphatic heterocycles. The molecule has 2 amide bonds. The Morgan fingerprint density at radius 1 is 1.00 bits per heavy atom. The Labute approximate surface area is 173 Å². The van der Waals surface area contributed by atoms with Crippen molar-refractivity contribution in [2.75, 3.05) is 17.7 Å². The van der Waals surface area contributed by atoms with E-state index in [2.05, 4.69) is 15.6 Å². The van der Waals surface area contributed by atoms with E-state index in [1.54, 1.807) is 43.5 Å². The van der Waals surface area contributed by atoms with Crippen molar-refractivity contribution in [3.63, 3.8) is 0 Å². The molecule has 0 aliphatic rings. The van der Waals surface area contributed by atoms with E-state index in [1.165, 1.54) is 6.20 Å². The van der Waals surface area contributed by atoms with Gasteiger partial charge in [0.1, 0.15) is 11.6 Å². The second-order valence-electron chi connectivity index (χ2n) is 6.26. The zero-order valence-corrected chi connectivity index (χ0v) is 16.6. The van der Waals surface area contributed by atoms with Crippen LogP contribution >= 0.6 is 11.6 Å². The summed E-state index contributed by atoms with van der Waals surface area (Å²) >= 11 is 5.81. The van der Waals surface area contributed by atoms with E-state index in [-0.39, 0.29) is 11.8 Å². The number of halogens is 1. The Morgan fingerprint density at radius 3 is 2.45 bits per heavy atom. The fourth-order valence-electron chi connectivity index (χ4n) is 2.69. The molecule has 148 valence electrons. The first-order valence-electron chi connectivity index (χ1n) is 9.00. The van der Waals surface area contributed by atoms with Crippen LogP contribution in [0.5, 0.6) is 5.75 Å². The molecule has 29 heavy (non-hydrogen) atoms. The van der Waals surface area contributed by atoms with Gasteiger partial charge in [0, 0.05) is 12.6 Å². The van der Waals surface area contributed by atoms with Gasteiger partial charge in [-0.3, -0.25) is 9.59 Å². The predicted molar refractivity (Wildman–Crippen MR) is 114 cm³/mol. The van der Waals surface area contributed by atoms with Gasteiger partial charge in [-0.05, 0) is 48.4 Å². The molecule has 2 aromatic carbocycles. The minimum atomic E-state index is -0.370. The number of pyridine rings is 1. The van der Waals surface area contributed by atoms with E-state index in [4.69, 9.17) is 16.3 Å². The van der Waals surface area contributed by atoms with Gasteiger partial charge in [-0.2, -0.15) is 0 Å². The maximum Gasteiger partial charge on any atom is 0.258 e. The lowest BCUT2D eigenvalue weighted by Crippen LogP contribution is -2.18. The normalized spacial score (nSPS) is 10.3. The summed E-state index contributed by atoms with van der Waals surface area (Å²) in [4.78, 5) is 29.0. The standard InChI is InChI=1S/C22H20ClN3O3/c1-29-17-10-6-15(7-11-17)8-13-21(27)25-19-5-3-2-4-18(19)22(28)26-20-12-9-16(23)14-24-20/h2-7,9-12,14H,8,13H2,1H3,(H,25,27)(H,24,26,28). The molecule has 0 aliphatic carbocycles. The number of carbonyl (C=O) groups is 2. The first kappa shape index (κ1) is 20.4. The fourth-order valence-corrected chi connectivity index (χ4v) is 2.80. The van der Waals surface area contributed by atoms with Crippen molar-refractivity contribution >= 4 is 34.9 Å². The highest BCUT2D eigenvalue weighted by Gasteiger charge is 2.14. The van der Waals surface area contributed by atoms with Crippen LogP contribution in [0, 0.1) is 0 Å². The predicted octanol–water partition coefficient (Wildman–Crippen LogP) is 4.57. The molecular formula is C22H20ClN3O3. The summed E-state index contributed by atoms with van der Waals surface area (Å²) in [5, 5.41) is 5.99. The monoisotopic (exact) mass is 409 g/mol. The number of rotatable bonds is 7. The number of anilines is 2. The summed E-state index contributed by atoms with van der Waals surface area (Å²) in [5.74, 6) is 0.602. The van der Waals surface area contributed by atoms with Gasteiger partial charge in [0.25, 0.3) is 5.91 Å². The van der Waals surface area contributed by atoms with Crippen molar-refractivity contribution in [1.82, 2.24) is 4.98 Å². The van der Waals surface area contributed by atoms with Crippen molar-refractivity contribution in [3.8, 4) is 5.75 Å². The Kier molecular flexibility index (Phi) is 6.81. The summed E-state index contributed by atoms with van der Waals surface area (Å²) in [6, 6.07) is 17.6. The minimum absolute atomic E-state index is 0.175. The molecule has 6 nitrogen and oxygen atoms in total. The number of nitrogens with one attached hydrogen (secondary N) is 2. The molecule has 7 heteroatoms. The second-order valence-corrected chi connectivity index (χ2v) is 6.69. The first-order chi connectivity index (χ1) is 14.0. The molecule has 0 atom stereocenters. The van der Waals surface area contributed by atoms with Crippen molar-refractivity contribution in [3.05, 3.63) is 83.0 Å². The Bertz CT molecular complexity index is 989. The lowest BCUT2D eigenvalue weighted by Gasteiger charge is -2.11. The Morgan fingerprint density at radius 2 is 1.76 bits per heavy atom. The Balaban J connectivity index is 1.62. The van der Waals surface area contributed by atoms with Gasteiger partial charge in [0.15, 0.2) is 0 Å². The van der Waals surface area contributed by atoms with Crippen LogP contribution in [0.25, 0.3) is 0 Å². The van der Waals surface area contributed by atoms with Gasteiger partial charge in [0.05, 0.1) is 23.4 Å². The zero-order chi connectivity index (χ0) is 20.6. The van der Waals surface area contributed by atoms with E-state index in [1.807, 2.05) is 24.3 Å². The van der Waals surface area contributed by atoms with E-state index >= 15 is 0 Å². The third-order valence-electron chi connectivity index (χ3n) is 4.21. The zero-order valence-electron chi connectivity index (χ0n) is 15.8. The molecular weight excluding hydrogens is 390 g/mol. The van der Waals surface area contributed by atoms with Gasteiger partial charge in [0.2, 0.25) is 5.91 Å². The molecule has 3 aromatic rings. The average Bonchev–Trinajstić information content (AvgIpc) is 2.74. The van der Waals surface area contributed by atoms with E-state index in [0.717, 1.165) is 11.3 Å². The van der Waals surface area contributed by atoms with Gasteiger partial charge < -0.3 is 15.4 Å². The van der Waals surface area contributed by atoms with Crippen LogP contribution < -0.4 is 15.4 Å². The number of aromatic nitrogens is 1. The number of methoxy groups -OCH3 is 1. The fraction of sp³-hybridized carbons (Fsp3) is 0.136. The number of hydrogen-bond donors (Lipinski definition) is 2. The van der Waals surface area contributed by atoms with Crippen LogP contribution in [-0.2, 0) is 11.2 Å². The third-order valence-corrected chi connectivity index (χ3v) is 4.44. The number of amides is 2. The molecule has 0 saturated carbocycles. The van der Waals surface area contributed by atoms with Crippen molar-refractivity contribution < 1.29 is 14.3 Å². The maximum absolute atomic E-state index is 12.6. The average molecular weight is 410 g/mol. The number of hydrogen-bond acceptors (Lipinski definition) is 4. The summed E-state index contributed by atoms with van der Waals surface area (Å²) < 4.78 is 5.13. The molecule has 1 aromatic heterocycles. The molecule has 0 saturated heterocycles. The first-order valence-corrected chi connectivity index (χ1v) is 9.37. The van der Waals surface area contributed by atoms with E-state index in [0.29, 0.717) is 34.9 Å². The quantitative estimate of drug-likeness (QED) is 0.599. The molecule has 0 unspecified atom stereocenters. The van der Waals surface area contributed by atoms with Crippen molar-refractivity contribution in [2.45, 2.75) is 12.8 Å². The Hall–Kier alpha value is -3.38. The minimum Gasteiger partial charge on any atom is -0.497 e. The van der Waals surface area contributed by atoms with Crippen LogP contribution in [0.2, 0.25) is 5.02 Å². The third kappa shape index (κ3) is 5.80. The molecule has 1 heterocycles. The highest BCUT2D eigenvalue weighted by Crippen LogP contribution is 2.18. The topological polar surface area (TPSA) is 80.3 Å². The van der Waals surface area contributed by atoms with Gasteiger partial charge >= 0.3 is 0 Å². The van der Waals surface area contributed by atoms with E-state index in [9.17, 15) is 9.59 Å². The number of nitrogens with zero attached hydrogens (tertiary/aromatic N) is 1. The van der Waals surface area contributed by atoms with Gasteiger partial charge in [-0.15, -0.1) is 0 Å². The molecule has 0 bridgehead atoms. The number of ether oxygens (including phenoxy) is 1. The van der Waals surface area contributed by atoms with Crippen LogP contribution in [0.3, 0.4) is 0 Å². The lowest BCUT2D eigenvalue weighted by atomic mass is 10.1. The van der Waals surface area contributed by atoms with E-state index < -0.39 is 0 Å². The highest BCUT2D eigenvalue weighted by atomic mass is 35.5.